The zero-order valence-electron chi connectivity index (χ0n) is 11.4. The number of hydrogen-bond acceptors (Lipinski definition) is 4. The summed E-state index contributed by atoms with van der Waals surface area (Å²) in [5.41, 5.74) is -0.434. The van der Waals surface area contributed by atoms with Crippen molar-refractivity contribution in [3.8, 4) is 0 Å². The number of fused-ring (bicyclic) bond motifs is 1. The summed E-state index contributed by atoms with van der Waals surface area (Å²) in [5.74, 6) is -0.785. The normalized spacial score (nSPS) is 24.7. The maximum absolute atomic E-state index is 14.0. The van der Waals surface area contributed by atoms with Crippen molar-refractivity contribution in [2.24, 2.45) is 5.92 Å². The number of hydrogen-bond donors (Lipinski definition) is 1. The van der Waals surface area contributed by atoms with E-state index in [1.165, 1.54) is 12.1 Å². The van der Waals surface area contributed by atoms with Crippen LogP contribution in [0.5, 0.6) is 0 Å². The van der Waals surface area contributed by atoms with E-state index in [-0.39, 0.29) is 23.2 Å². The monoisotopic (exact) mass is 293 g/mol. The van der Waals surface area contributed by atoms with Crippen LogP contribution in [0.25, 0.3) is 0 Å². The van der Waals surface area contributed by atoms with Gasteiger partial charge in [-0.25, -0.2) is 4.39 Å². The van der Waals surface area contributed by atoms with E-state index >= 15 is 0 Å². The minimum Gasteiger partial charge on any atom is -0.334 e. The lowest BCUT2D eigenvalue weighted by atomic mass is 9.91. The van der Waals surface area contributed by atoms with Crippen LogP contribution < -0.4 is 5.32 Å². The number of likely N-dealkylation sites (tertiary alicyclic amines) is 1. The Labute approximate surface area is 121 Å². The van der Waals surface area contributed by atoms with Gasteiger partial charge in [-0.3, -0.25) is 14.9 Å². The van der Waals surface area contributed by atoms with Gasteiger partial charge in [0.15, 0.2) is 0 Å². The van der Waals surface area contributed by atoms with E-state index < -0.39 is 10.7 Å². The summed E-state index contributed by atoms with van der Waals surface area (Å²) >= 11 is 0. The van der Waals surface area contributed by atoms with Crippen molar-refractivity contribution < 1.29 is 14.1 Å². The first kappa shape index (κ1) is 13.9. The lowest BCUT2D eigenvalue weighted by Crippen LogP contribution is -2.48. The van der Waals surface area contributed by atoms with Gasteiger partial charge in [-0.15, -0.1) is 0 Å². The van der Waals surface area contributed by atoms with Crippen LogP contribution in [0.2, 0.25) is 0 Å². The number of amides is 1. The highest BCUT2D eigenvalue weighted by molar-refractivity contribution is 5.95. The Kier molecular flexibility index (Phi) is 3.59. The summed E-state index contributed by atoms with van der Waals surface area (Å²) in [6.45, 7) is 2.22. The number of nitrogens with zero attached hydrogens (tertiary/aromatic N) is 2. The maximum Gasteiger partial charge on any atom is 0.272 e. The molecular formula is C14H16FN3O3. The molecule has 0 aromatic heterocycles. The van der Waals surface area contributed by atoms with Crippen LogP contribution in [-0.2, 0) is 0 Å². The highest BCUT2D eigenvalue weighted by atomic mass is 19.1. The molecule has 1 N–H and O–H groups in total. The number of non-ortho nitro benzene ring substituents is 1. The maximum atomic E-state index is 14.0. The summed E-state index contributed by atoms with van der Waals surface area (Å²) in [7, 11) is 0. The summed E-state index contributed by atoms with van der Waals surface area (Å²) in [6.07, 6.45) is 1.98. The lowest BCUT2D eigenvalue weighted by molar-refractivity contribution is -0.385. The Morgan fingerprint density at radius 2 is 2.24 bits per heavy atom. The number of rotatable bonds is 2. The second kappa shape index (κ2) is 5.40. The Morgan fingerprint density at radius 1 is 1.43 bits per heavy atom. The van der Waals surface area contributed by atoms with Gasteiger partial charge in [0.05, 0.1) is 16.6 Å². The topological polar surface area (TPSA) is 75.5 Å². The van der Waals surface area contributed by atoms with Crippen molar-refractivity contribution >= 4 is 11.6 Å². The molecule has 2 atom stereocenters. The van der Waals surface area contributed by atoms with Crippen molar-refractivity contribution in [2.75, 3.05) is 19.6 Å². The van der Waals surface area contributed by atoms with E-state index in [4.69, 9.17) is 0 Å². The second-order valence-corrected chi connectivity index (χ2v) is 5.55. The molecule has 2 aliphatic rings. The molecule has 0 saturated carbocycles. The molecule has 0 bridgehead atoms. The molecule has 3 rings (SSSR count). The largest absolute Gasteiger partial charge is 0.334 e. The molecule has 2 unspecified atom stereocenters. The van der Waals surface area contributed by atoms with Gasteiger partial charge in [0.2, 0.25) is 0 Å². The molecule has 2 saturated heterocycles. The van der Waals surface area contributed by atoms with Crippen molar-refractivity contribution in [1.82, 2.24) is 10.2 Å². The number of nitro groups is 1. The molecule has 2 fully saturated rings. The first-order valence-corrected chi connectivity index (χ1v) is 7.03. The SMILES string of the molecule is O=C(c1ccc([N+](=O)[O-])cc1F)N1CCCC2CNCC21. The number of nitrogens with one attached hydrogen (secondary N) is 1. The van der Waals surface area contributed by atoms with Crippen molar-refractivity contribution in [1.29, 1.82) is 0 Å². The Hall–Kier alpha value is -2.02. The molecular weight excluding hydrogens is 277 g/mol. The number of piperidine rings is 1. The van der Waals surface area contributed by atoms with Crippen LogP contribution in [-0.4, -0.2) is 41.4 Å². The molecule has 21 heavy (non-hydrogen) atoms. The molecule has 6 nitrogen and oxygen atoms in total. The van der Waals surface area contributed by atoms with E-state index in [9.17, 15) is 19.3 Å². The third-order valence-corrected chi connectivity index (χ3v) is 4.33. The Balaban J connectivity index is 1.86. The molecule has 0 aliphatic carbocycles. The molecule has 7 heteroatoms. The van der Waals surface area contributed by atoms with E-state index in [0.29, 0.717) is 12.5 Å². The van der Waals surface area contributed by atoms with E-state index in [1.54, 1.807) is 4.90 Å². The third kappa shape index (κ3) is 2.49. The molecule has 0 radical (unpaired) electrons. The number of carbonyl (C=O) groups is 1. The van der Waals surface area contributed by atoms with Gasteiger partial charge in [-0.05, 0) is 24.8 Å². The minimum atomic E-state index is -0.831. The predicted octanol–water partition coefficient (Wildman–Crippen LogP) is 1.56. The average molecular weight is 293 g/mol. The van der Waals surface area contributed by atoms with Crippen LogP contribution in [0.4, 0.5) is 10.1 Å². The Bertz CT molecular complexity index is 593. The van der Waals surface area contributed by atoms with Crippen molar-refractivity contribution in [3.05, 3.63) is 39.7 Å². The van der Waals surface area contributed by atoms with Crippen LogP contribution in [0.3, 0.4) is 0 Å². The first-order chi connectivity index (χ1) is 10.1. The van der Waals surface area contributed by atoms with Crippen LogP contribution >= 0.6 is 0 Å². The fourth-order valence-electron chi connectivity index (χ4n) is 3.27. The fraction of sp³-hybridized carbons (Fsp3) is 0.500. The van der Waals surface area contributed by atoms with E-state index in [2.05, 4.69) is 5.32 Å². The number of halogens is 1. The quantitative estimate of drug-likeness (QED) is 0.663. The number of benzene rings is 1. The van der Waals surface area contributed by atoms with Gasteiger partial charge >= 0.3 is 0 Å². The Morgan fingerprint density at radius 3 is 2.95 bits per heavy atom. The van der Waals surface area contributed by atoms with Gasteiger partial charge in [0.25, 0.3) is 11.6 Å². The summed E-state index contributed by atoms with van der Waals surface area (Å²) < 4.78 is 14.0. The van der Waals surface area contributed by atoms with Gasteiger partial charge in [0, 0.05) is 31.7 Å². The first-order valence-electron chi connectivity index (χ1n) is 7.03. The number of carbonyl (C=O) groups excluding carboxylic acids is 1. The van der Waals surface area contributed by atoms with Crippen molar-refractivity contribution in [3.63, 3.8) is 0 Å². The highest BCUT2D eigenvalue weighted by Crippen LogP contribution is 2.28. The molecule has 2 heterocycles. The third-order valence-electron chi connectivity index (χ3n) is 4.33. The zero-order chi connectivity index (χ0) is 15.0. The fourth-order valence-corrected chi connectivity index (χ4v) is 3.27. The lowest BCUT2D eigenvalue weighted by Gasteiger charge is -2.37. The molecule has 1 aromatic rings. The van der Waals surface area contributed by atoms with Crippen LogP contribution in [0, 0.1) is 21.8 Å². The van der Waals surface area contributed by atoms with Gasteiger partial charge in [-0.2, -0.15) is 0 Å². The molecule has 2 aliphatic heterocycles. The summed E-state index contributed by atoms with van der Waals surface area (Å²) in [4.78, 5) is 24.2. The molecule has 1 amide bonds. The standard InChI is InChI=1S/C14H16FN3O3/c15-12-6-10(18(20)21)3-4-11(12)14(19)17-5-1-2-9-7-16-8-13(9)17/h3-4,6,9,13,16H,1-2,5,7-8H2. The van der Waals surface area contributed by atoms with Crippen LogP contribution in [0.1, 0.15) is 23.2 Å². The molecule has 112 valence electrons. The predicted molar refractivity (Wildman–Crippen MR) is 73.5 cm³/mol. The van der Waals surface area contributed by atoms with Crippen LogP contribution in [0.15, 0.2) is 18.2 Å². The smallest absolute Gasteiger partial charge is 0.272 e. The molecule has 0 spiro atoms. The second-order valence-electron chi connectivity index (χ2n) is 5.55. The molecule has 1 aromatic carbocycles. The highest BCUT2D eigenvalue weighted by Gasteiger charge is 2.38. The van der Waals surface area contributed by atoms with Gasteiger partial charge in [-0.1, -0.05) is 0 Å². The minimum absolute atomic E-state index is 0.0897. The van der Waals surface area contributed by atoms with E-state index in [1.807, 2.05) is 0 Å². The zero-order valence-corrected chi connectivity index (χ0v) is 11.4. The van der Waals surface area contributed by atoms with Gasteiger partial charge in [0.1, 0.15) is 5.82 Å². The van der Waals surface area contributed by atoms with Gasteiger partial charge < -0.3 is 10.2 Å². The van der Waals surface area contributed by atoms with Crippen molar-refractivity contribution in [2.45, 2.75) is 18.9 Å². The average Bonchev–Trinajstić information content (AvgIpc) is 2.94. The number of nitro benzene ring substituents is 1. The summed E-state index contributed by atoms with van der Waals surface area (Å²) in [5, 5.41) is 13.9. The summed E-state index contributed by atoms with van der Waals surface area (Å²) in [6, 6.07) is 3.29. The van der Waals surface area contributed by atoms with E-state index in [0.717, 1.165) is 32.0 Å².